The van der Waals surface area contributed by atoms with Gasteiger partial charge in [-0.3, -0.25) is 9.84 Å². The number of nitrogens with zero attached hydrogens (tertiary/aromatic N) is 1. The summed E-state index contributed by atoms with van der Waals surface area (Å²) in [6, 6.07) is 6.35. The molecule has 0 fully saturated rings. The number of halogens is 3. The maximum absolute atomic E-state index is 14.7. The number of benzene rings is 2. The van der Waals surface area contributed by atoms with Gasteiger partial charge in [0.25, 0.3) is 10.0 Å². The van der Waals surface area contributed by atoms with Crippen LogP contribution in [-0.2, 0) is 19.1 Å². The second kappa shape index (κ2) is 9.29. The van der Waals surface area contributed by atoms with Crippen LogP contribution in [0, 0.1) is 17.5 Å². The fourth-order valence-corrected chi connectivity index (χ4v) is 5.05. The fourth-order valence-electron chi connectivity index (χ4n) is 3.14. The summed E-state index contributed by atoms with van der Waals surface area (Å²) in [4.78, 5) is 17.9. The predicted octanol–water partition coefficient (Wildman–Crippen LogP) is 3.15. The first-order valence-corrected chi connectivity index (χ1v) is 12.0. The summed E-state index contributed by atoms with van der Waals surface area (Å²) < 4.78 is 90.6. The molecule has 3 rings (SSSR count). The predicted molar refractivity (Wildman–Crippen MR) is 110 cm³/mol. The third-order valence-electron chi connectivity index (χ3n) is 4.48. The van der Waals surface area contributed by atoms with Crippen LogP contribution < -0.4 is 10.1 Å². The third kappa shape index (κ3) is 5.13. The molecule has 0 radical (unpaired) electrons. The third-order valence-corrected chi connectivity index (χ3v) is 6.63. The zero-order valence-electron chi connectivity index (χ0n) is 17.1. The summed E-state index contributed by atoms with van der Waals surface area (Å²) in [7, 11) is -7.32. The molecule has 0 amide bonds. The molecule has 0 saturated heterocycles. The van der Waals surface area contributed by atoms with E-state index >= 15 is 0 Å². The van der Waals surface area contributed by atoms with E-state index < -0.39 is 57.7 Å². The molecule has 9 nitrogen and oxygen atoms in total. The van der Waals surface area contributed by atoms with Crippen LogP contribution in [-0.4, -0.2) is 36.3 Å². The van der Waals surface area contributed by atoms with Crippen molar-refractivity contribution < 1.29 is 45.2 Å². The number of rotatable bonds is 8. The van der Waals surface area contributed by atoms with Crippen LogP contribution in [0.25, 0.3) is 11.3 Å². The molecule has 178 valence electrons. The lowest BCUT2D eigenvalue weighted by molar-refractivity contribution is 0.113. The Balaban J connectivity index is 2.38. The van der Waals surface area contributed by atoms with Crippen molar-refractivity contribution in [3.63, 3.8) is 0 Å². The maximum atomic E-state index is 14.7. The van der Waals surface area contributed by atoms with Crippen LogP contribution in [0.2, 0.25) is 0 Å². The van der Waals surface area contributed by atoms with Crippen molar-refractivity contribution in [3.05, 3.63) is 71.7 Å². The van der Waals surface area contributed by atoms with E-state index in [0.717, 1.165) is 49.7 Å². The number of phosphoric ester groups is 1. The molecule has 2 aromatic carbocycles. The van der Waals surface area contributed by atoms with Gasteiger partial charge in [0, 0.05) is 17.8 Å². The number of nitrogens with one attached hydrogen (secondary N) is 1. The Morgan fingerprint density at radius 2 is 1.76 bits per heavy atom. The van der Waals surface area contributed by atoms with Crippen LogP contribution in [0.1, 0.15) is 11.8 Å². The van der Waals surface area contributed by atoms with E-state index in [1.54, 1.807) is 0 Å². The molecule has 0 saturated carbocycles. The van der Waals surface area contributed by atoms with Gasteiger partial charge in [-0.05, 0) is 37.4 Å². The number of phosphoric acid groups is 1. The quantitative estimate of drug-likeness (QED) is 0.314. The van der Waals surface area contributed by atoms with Gasteiger partial charge in [0.05, 0.1) is 17.6 Å². The molecular formula is C19H18F3N2O7PS. The Morgan fingerprint density at radius 1 is 1.09 bits per heavy atom. The van der Waals surface area contributed by atoms with Crippen LogP contribution in [0.4, 0.5) is 13.2 Å². The highest BCUT2D eigenvalue weighted by atomic mass is 32.2. The molecule has 0 aliphatic rings. The molecular weight excluding hydrogens is 488 g/mol. The number of ether oxygens (including phenoxy) is 1. The highest BCUT2D eigenvalue weighted by molar-refractivity contribution is 7.90. The summed E-state index contributed by atoms with van der Waals surface area (Å²) >= 11 is 0. The van der Waals surface area contributed by atoms with Crippen molar-refractivity contribution in [2.45, 2.75) is 11.1 Å². The highest BCUT2D eigenvalue weighted by Gasteiger charge is 2.34. The molecule has 0 bridgehead atoms. The molecule has 0 aliphatic heterocycles. The second-order valence-electron chi connectivity index (χ2n) is 6.61. The van der Waals surface area contributed by atoms with Crippen LogP contribution in [0.15, 0.2) is 53.6 Å². The van der Waals surface area contributed by atoms with Crippen LogP contribution in [0.5, 0.6) is 5.75 Å². The average molecular weight is 506 g/mol. The highest BCUT2D eigenvalue weighted by Crippen LogP contribution is 2.46. The van der Waals surface area contributed by atoms with E-state index in [4.69, 9.17) is 4.74 Å². The number of methoxy groups -OCH3 is 1. The van der Waals surface area contributed by atoms with Crippen LogP contribution >= 0.6 is 7.82 Å². The van der Waals surface area contributed by atoms with E-state index in [0.29, 0.717) is 10.0 Å². The van der Waals surface area contributed by atoms with Crippen molar-refractivity contribution >= 4 is 17.8 Å². The summed E-state index contributed by atoms with van der Waals surface area (Å²) in [6.45, 7) is 0. The maximum Gasteiger partial charge on any atom is 0.471 e. The summed E-state index contributed by atoms with van der Waals surface area (Å²) in [5, 5.41) is 2.45. The molecule has 0 aliphatic carbocycles. The number of hydrogen-bond acceptors (Lipinski definition) is 6. The normalized spacial score (nSPS) is 13.2. The van der Waals surface area contributed by atoms with Gasteiger partial charge in [-0.25, -0.2) is 30.1 Å². The van der Waals surface area contributed by atoms with E-state index in [1.165, 1.54) is 7.05 Å². The molecule has 3 N–H and O–H groups in total. The second-order valence-corrected chi connectivity index (χ2v) is 9.62. The fraction of sp³-hybridized carbons (Fsp3) is 0.158. The zero-order chi connectivity index (χ0) is 24.6. The molecule has 14 heteroatoms. The smallest absolute Gasteiger partial charge is 0.471 e. The first kappa shape index (κ1) is 25.0. The van der Waals surface area contributed by atoms with E-state index in [1.807, 2.05) is 0 Å². The summed E-state index contributed by atoms with van der Waals surface area (Å²) in [6.07, 6.45) is -0.722. The van der Waals surface area contributed by atoms with Gasteiger partial charge >= 0.3 is 7.82 Å². The number of hydrogen-bond donors (Lipinski definition) is 3. The Bertz CT molecular complexity index is 1340. The van der Waals surface area contributed by atoms with Crippen molar-refractivity contribution in [2.75, 3.05) is 14.2 Å². The van der Waals surface area contributed by atoms with Gasteiger partial charge in [-0.2, -0.15) is 0 Å². The Hall–Kier alpha value is -2.67. The van der Waals surface area contributed by atoms with Crippen molar-refractivity contribution in [1.82, 2.24) is 9.29 Å². The van der Waals surface area contributed by atoms with E-state index in [2.05, 4.69) is 9.84 Å². The largest absolute Gasteiger partial charge is 0.494 e. The van der Waals surface area contributed by atoms with Gasteiger partial charge in [-0.1, -0.05) is 6.07 Å². The minimum atomic E-state index is -5.08. The first-order valence-electron chi connectivity index (χ1n) is 9.06. The Labute approximate surface area is 186 Å². The molecule has 1 unspecified atom stereocenters. The average Bonchev–Trinajstić information content (AvgIpc) is 3.11. The Kier molecular flexibility index (Phi) is 7.03. The van der Waals surface area contributed by atoms with E-state index in [-0.39, 0.29) is 11.3 Å². The van der Waals surface area contributed by atoms with Crippen molar-refractivity contribution in [2.24, 2.45) is 0 Å². The summed E-state index contributed by atoms with van der Waals surface area (Å²) in [5.74, 6) is -3.28. The number of aromatic nitrogens is 1. The van der Waals surface area contributed by atoms with Gasteiger partial charge in [0.1, 0.15) is 23.1 Å². The molecule has 33 heavy (non-hydrogen) atoms. The molecule has 1 aromatic heterocycles. The molecule has 0 spiro atoms. The van der Waals surface area contributed by atoms with Gasteiger partial charge in [0.15, 0.2) is 12.0 Å². The standard InChI is InChI=1S/C19H18F3N2O7PS/c1-23-19(31-32(25,26)27)15-10-24(33(28,29)13-5-3-4-11(20)8-13)17(18(15)30-2)14-7-6-12(21)9-16(14)22/h3-10,19,23H,1-2H3,(H2,25,26,27). The Morgan fingerprint density at radius 3 is 2.30 bits per heavy atom. The topological polar surface area (TPSA) is 127 Å². The lowest BCUT2D eigenvalue weighted by Gasteiger charge is -2.18. The first-order chi connectivity index (χ1) is 15.4. The monoisotopic (exact) mass is 506 g/mol. The molecule has 1 heterocycles. The lowest BCUT2D eigenvalue weighted by Crippen LogP contribution is -2.19. The van der Waals surface area contributed by atoms with Crippen molar-refractivity contribution in [3.8, 4) is 17.0 Å². The van der Waals surface area contributed by atoms with Crippen LogP contribution in [0.3, 0.4) is 0 Å². The van der Waals surface area contributed by atoms with Gasteiger partial charge in [-0.15, -0.1) is 0 Å². The lowest BCUT2D eigenvalue weighted by atomic mass is 10.1. The summed E-state index contributed by atoms with van der Waals surface area (Å²) in [5.41, 5.74) is -1.09. The molecule has 3 aromatic rings. The SMILES string of the molecule is CNC(OP(=O)(O)O)c1cn(S(=O)(=O)c2cccc(F)c2)c(-c2ccc(F)cc2F)c1OC. The van der Waals surface area contributed by atoms with Gasteiger partial charge < -0.3 is 14.5 Å². The minimum absolute atomic E-state index is 0.234. The minimum Gasteiger partial charge on any atom is -0.494 e. The van der Waals surface area contributed by atoms with E-state index in [9.17, 15) is 35.9 Å². The zero-order valence-corrected chi connectivity index (χ0v) is 18.8. The van der Waals surface area contributed by atoms with Crippen molar-refractivity contribution in [1.29, 1.82) is 0 Å². The van der Waals surface area contributed by atoms with Gasteiger partial charge in [0.2, 0.25) is 0 Å². The molecule has 1 atom stereocenters.